The predicted octanol–water partition coefficient (Wildman–Crippen LogP) is 3.18. The van der Waals surface area contributed by atoms with E-state index in [0.29, 0.717) is 30.8 Å². The van der Waals surface area contributed by atoms with Crippen LogP contribution in [0.1, 0.15) is 45.9 Å². The fourth-order valence-electron chi connectivity index (χ4n) is 3.98. The zero-order valence-electron chi connectivity index (χ0n) is 15.7. The van der Waals surface area contributed by atoms with Crippen LogP contribution < -0.4 is 14.8 Å². The zero-order valence-corrected chi connectivity index (χ0v) is 15.7. The molecule has 2 aromatic carbocycles. The van der Waals surface area contributed by atoms with Crippen molar-refractivity contribution in [3.8, 4) is 11.5 Å². The summed E-state index contributed by atoms with van der Waals surface area (Å²) in [4.78, 5) is 13.0. The first kappa shape index (κ1) is 17.9. The van der Waals surface area contributed by atoms with Gasteiger partial charge in [-0.05, 0) is 66.6 Å². The Balaban J connectivity index is 1.61. The molecule has 0 aromatic heterocycles. The van der Waals surface area contributed by atoms with Crippen LogP contribution in [-0.2, 0) is 6.42 Å². The summed E-state index contributed by atoms with van der Waals surface area (Å²) in [6, 6.07) is 11.6. The van der Waals surface area contributed by atoms with Gasteiger partial charge in [-0.1, -0.05) is 12.1 Å². The number of methoxy groups -OCH3 is 1. The molecule has 1 heterocycles. The lowest BCUT2D eigenvalue weighted by Gasteiger charge is -2.38. The van der Waals surface area contributed by atoms with Gasteiger partial charge < -0.3 is 19.9 Å². The van der Waals surface area contributed by atoms with E-state index in [1.807, 2.05) is 31.2 Å². The van der Waals surface area contributed by atoms with Crippen LogP contribution in [0, 0.1) is 12.8 Å². The van der Waals surface area contributed by atoms with Crippen LogP contribution in [0.2, 0.25) is 0 Å². The van der Waals surface area contributed by atoms with E-state index in [0.717, 1.165) is 23.3 Å². The minimum Gasteiger partial charge on any atom is -0.496 e. The lowest BCUT2D eigenvalue weighted by atomic mass is 9.74. The highest BCUT2D eigenvalue weighted by molar-refractivity contribution is 5.97. The lowest BCUT2D eigenvalue weighted by molar-refractivity contribution is 0.0235. The molecule has 0 saturated heterocycles. The van der Waals surface area contributed by atoms with E-state index >= 15 is 0 Å². The van der Waals surface area contributed by atoms with Gasteiger partial charge in [0.2, 0.25) is 0 Å². The van der Waals surface area contributed by atoms with Gasteiger partial charge in [0.15, 0.2) is 0 Å². The van der Waals surface area contributed by atoms with Gasteiger partial charge in [-0.25, -0.2) is 0 Å². The SMILES string of the molecule is COc1cc(C)ccc1C(=O)N[C@H](c1ccc2c(c1)CCO2)C1CC(O)C1. The first-order chi connectivity index (χ1) is 13.0. The molecule has 0 bridgehead atoms. The number of nitrogens with one attached hydrogen (secondary N) is 1. The van der Waals surface area contributed by atoms with E-state index in [9.17, 15) is 9.90 Å². The highest BCUT2D eigenvalue weighted by atomic mass is 16.5. The molecule has 4 rings (SSSR count). The van der Waals surface area contributed by atoms with Crippen LogP contribution in [0.3, 0.4) is 0 Å². The number of hydrogen-bond donors (Lipinski definition) is 2. The minimum atomic E-state index is -0.277. The molecular weight excluding hydrogens is 342 g/mol. The second kappa shape index (κ2) is 7.24. The number of carbonyl (C=O) groups excluding carboxylic acids is 1. The number of aliphatic hydroxyl groups excluding tert-OH is 1. The van der Waals surface area contributed by atoms with Crippen molar-refractivity contribution in [1.29, 1.82) is 0 Å². The summed E-state index contributed by atoms with van der Waals surface area (Å²) in [6.45, 7) is 2.67. The Morgan fingerprint density at radius 2 is 2.07 bits per heavy atom. The molecule has 2 aliphatic rings. The third kappa shape index (κ3) is 3.52. The van der Waals surface area contributed by atoms with Gasteiger partial charge in [0.25, 0.3) is 5.91 Å². The minimum absolute atomic E-state index is 0.141. The number of hydrogen-bond acceptors (Lipinski definition) is 4. The molecule has 2 aromatic rings. The van der Waals surface area contributed by atoms with E-state index in [2.05, 4.69) is 11.4 Å². The van der Waals surface area contributed by atoms with Gasteiger partial charge in [-0.15, -0.1) is 0 Å². The highest BCUT2D eigenvalue weighted by Gasteiger charge is 2.36. The normalized spacial score (nSPS) is 21.6. The lowest BCUT2D eigenvalue weighted by Crippen LogP contribution is -2.41. The van der Waals surface area contributed by atoms with E-state index in [1.165, 1.54) is 5.56 Å². The standard InChI is InChI=1S/C22H25NO4/c1-13-3-5-18(20(9-13)26-2)22(25)23-21(16-11-17(24)12-16)15-4-6-19-14(10-15)7-8-27-19/h3-6,9-10,16-17,21,24H,7-8,11-12H2,1-2H3,(H,23,25)/t16?,17?,21-/m1/s1. The Labute approximate surface area is 159 Å². The molecule has 1 fully saturated rings. The van der Waals surface area contributed by atoms with Gasteiger partial charge in [-0.2, -0.15) is 0 Å². The van der Waals surface area contributed by atoms with Crippen molar-refractivity contribution in [2.75, 3.05) is 13.7 Å². The predicted molar refractivity (Wildman–Crippen MR) is 102 cm³/mol. The summed E-state index contributed by atoms with van der Waals surface area (Å²) in [7, 11) is 1.58. The first-order valence-electron chi connectivity index (χ1n) is 9.44. The van der Waals surface area contributed by atoms with Crippen LogP contribution in [0.4, 0.5) is 0 Å². The molecule has 27 heavy (non-hydrogen) atoms. The number of benzene rings is 2. The van der Waals surface area contributed by atoms with Crippen LogP contribution in [0.15, 0.2) is 36.4 Å². The Morgan fingerprint density at radius 1 is 1.26 bits per heavy atom. The second-order valence-corrected chi connectivity index (χ2v) is 7.51. The maximum atomic E-state index is 13.0. The molecule has 0 spiro atoms. The number of aliphatic hydroxyl groups is 1. The highest BCUT2D eigenvalue weighted by Crippen LogP contribution is 2.40. The van der Waals surface area contributed by atoms with Gasteiger partial charge >= 0.3 is 0 Å². The van der Waals surface area contributed by atoms with Gasteiger partial charge in [0.05, 0.1) is 31.4 Å². The van der Waals surface area contributed by atoms with Crippen molar-refractivity contribution < 1.29 is 19.4 Å². The maximum absolute atomic E-state index is 13.0. The number of carbonyl (C=O) groups is 1. The number of amides is 1. The van der Waals surface area contributed by atoms with E-state index < -0.39 is 0 Å². The quantitative estimate of drug-likeness (QED) is 0.852. The number of aryl methyl sites for hydroxylation is 1. The third-order valence-electron chi connectivity index (χ3n) is 5.58. The number of fused-ring (bicyclic) bond motifs is 1. The molecule has 142 valence electrons. The fourth-order valence-corrected chi connectivity index (χ4v) is 3.98. The van der Waals surface area contributed by atoms with Crippen molar-refractivity contribution in [2.45, 2.75) is 38.3 Å². The third-order valence-corrected chi connectivity index (χ3v) is 5.58. The molecular formula is C22H25NO4. The largest absolute Gasteiger partial charge is 0.496 e. The average molecular weight is 367 g/mol. The van der Waals surface area contributed by atoms with E-state index in [4.69, 9.17) is 9.47 Å². The molecule has 5 nitrogen and oxygen atoms in total. The van der Waals surface area contributed by atoms with Crippen molar-refractivity contribution in [2.24, 2.45) is 5.92 Å². The fraction of sp³-hybridized carbons (Fsp3) is 0.409. The Hall–Kier alpha value is -2.53. The Kier molecular flexibility index (Phi) is 4.79. The molecule has 0 radical (unpaired) electrons. The Bertz CT molecular complexity index is 857. The summed E-state index contributed by atoms with van der Waals surface area (Å²) < 4.78 is 11.0. The van der Waals surface area contributed by atoms with Crippen molar-refractivity contribution in [3.63, 3.8) is 0 Å². The molecule has 1 aliphatic heterocycles. The van der Waals surface area contributed by atoms with Crippen molar-refractivity contribution >= 4 is 5.91 Å². The Morgan fingerprint density at radius 3 is 2.81 bits per heavy atom. The summed E-state index contributed by atoms with van der Waals surface area (Å²) in [5.41, 5.74) is 3.81. The van der Waals surface area contributed by atoms with Crippen LogP contribution in [0.5, 0.6) is 11.5 Å². The van der Waals surface area contributed by atoms with Crippen LogP contribution in [-0.4, -0.2) is 30.8 Å². The van der Waals surface area contributed by atoms with E-state index in [-0.39, 0.29) is 24.0 Å². The van der Waals surface area contributed by atoms with Gasteiger partial charge in [0, 0.05) is 6.42 Å². The molecule has 1 aliphatic carbocycles. The summed E-state index contributed by atoms with van der Waals surface area (Å²) >= 11 is 0. The maximum Gasteiger partial charge on any atom is 0.255 e. The van der Waals surface area contributed by atoms with Crippen LogP contribution >= 0.6 is 0 Å². The average Bonchev–Trinajstić information content (AvgIpc) is 3.11. The molecule has 1 atom stereocenters. The van der Waals surface area contributed by atoms with Crippen LogP contribution in [0.25, 0.3) is 0 Å². The topological polar surface area (TPSA) is 67.8 Å². The van der Waals surface area contributed by atoms with Crippen molar-refractivity contribution in [3.05, 3.63) is 58.7 Å². The summed E-state index contributed by atoms with van der Waals surface area (Å²) in [5.74, 6) is 1.57. The molecule has 1 amide bonds. The molecule has 5 heteroatoms. The zero-order chi connectivity index (χ0) is 19.0. The number of ether oxygens (including phenoxy) is 2. The smallest absolute Gasteiger partial charge is 0.255 e. The van der Waals surface area contributed by atoms with E-state index in [1.54, 1.807) is 13.2 Å². The summed E-state index contributed by atoms with van der Waals surface area (Å²) in [6.07, 6.45) is 2.01. The molecule has 1 saturated carbocycles. The second-order valence-electron chi connectivity index (χ2n) is 7.51. The van der Waals surface area contributed by atoms with Gasteiger partial charge in [-0.3, -0.25) is 4.79 Å². The molecule has 2 N–H and O–H groups in total. The first-order valence-corrected chi connectivity index (χ1v) is 9.44. The monoisotopic (exact) mass is 367 g/mol. The summed E-state index contributed by atoms with van der Waals surface area (Å²) in [5, 5.41) is 13.0. The molecule has 0 unspecified atom stereocenters. The van der Waals surface area contributed by atoms with Crippen molar-refractivity contribution in [1.82, 2.24) is 5.32 Å². The van der Waals surface area contributed by atoms with Gasteiger partial charge in [0.1, 0.15) is 11.5 Å². The number of rotatable bonds is 5.